The number of hydrogen-bond acceptors (Lipinski definition) is 7. The number of benzene rings is 1. The number of alkyl halides is 1. The highest BCUT2D eigenvalue weighted by Crippen LogP contribution is 2.38. The van der Waals surface area contributed by atoms with Gasteiger partial charge in [-0.3, -0.25) is 0 Å². The lowest BCUT2D eigenvalue weighted by molar-refractivity contribution is -0.00371. The zero-order valence-electron chi connectivity index (χ0n) is 11.7. The van der Waals surface area contributed by atoms with Gasteiger partial charge in [0.05, 0.1) is 20.3 Å². The Balaban J connectivity index is 2.00. The minimum Gasteiger partial charge on any atom is -0.481 e. The Labute approximate surface area is 124 Å². The second kappa shape index (κ2) is 5.47. The summed E-state index contributed by atoms with van der Waals surface area (Å²) in [7, 11) is 2.85. The van der Waals surface area contributed by atoms with E-state index in [0.29, 0.717) is 0 Å². The highest BCUT2D eigenvalue weighted by atomic mass is 19.1. The number of rotatable bonds is 4. The van der Waals surface area contributed by atoms with Gasteiger partial charge in [-0.2, -0.15) is 14.4 Å². The molecule has 0 spiro atoms. The summed E-state index contributed by atoms with van der Waals surface area (Å²) in [5.74, 6) is -0.258. The van der Waals surface area contributed by atoms with Gasteiger partial charge in [0.2, 0.25) is 11.8 Å². The van der Waals surface area contributed by atoms with Crippen molar-refractivity contribution in [3.8, 4) is 23.5 Å². The molecule has 1 unspecified atom stereocenters. The molecule has 114 valence electrons. The standard InChI is InChI=1S/C14H11FN2O5/c1-19-9-6-10(20-2)17-14(16-9)21-8-5-3-4-7-11(8)13(18)22-12(7)15/h3-6,12H,1-2H3. The Bertz CT molecular complexity index is 715. The molecule has 0 radical (unpaired) electrons. The van der Waals surface area contributed by atoms with Crippen LogP contribution in [0.5, 0.6) is 23.5 Å². The number of aromatic nitrogens is 2. The fourth-order valence-corrected chi connectivity index (χ4v) is 1.99. The highest BCUT2D eigenvalue weighted by molar-refractivity contribution is 5.96. The maximum atomic E-state index is 13.6. The van der Waals surface area contributed by atoms with Crippen LogP contribution in [0, 0.1) is 0 Å². The van der Waals surface area contributed by atoms with Crippen LogP contribution in [0.3, 0.4) is 0 Å². The minimum atomic E-state index is -1.80. The van der Waals surface area contributed by atoms with E-state index in [1.165, 1.54) is 32.4 Å². The first kappa shape index (κ1) is 14.1. The average molecular weight is 306 g/mol. The molecule has 0 aliphatic carbocycles. The fourth-order valence-electron chi connectivity index (χ4n) is 1.99. The SMILES string of the molecule is COc1cc(OC)nc(Oc2cccc3c2C(=O)OC3F)n1. The molecule has 0 fully saturated rings. The Hall–Kier alpha value is -2.90. The van der Waals surface area contributed by atoms with Gasteiger partial charge in [-0.25, -0.2) is 4.79 Å². The number of methoxy groups -OCH3 is 2. The Morgan fingerprint density at radius 2 is 1.86 bits per heavy atom. The first-order valence-electron chi connectivity index (χ1n) is 6.25. The third kappa shape index (κ3) is 2.39. The molecular formula is C14H11FN2O5. The largest absolute Gasteiger partial charge is 0.481 e. The van der Waals surface area contributed by atoms with E-state index < -0.39 is 12.3 Å². The van der Waals surface area contributed by atoms with Crippen molar-refractivity contribution in [3.05, 3.63) is 35.4 Å². The molecule has 0 saturated heterocycles. The van der Waals surface area contributed by atoms with Crippen molar-refractivity contribution in [3.63, 3.8) is 0 Å². The molecule has 2 heterocycles. The van der Waals surface area contributed by atoms with Gasteiger partial charge in [0.25, 0.3) is 6.36 Å². The van der Waals surface area contributed by atoms with Crippen LogP contribution in [0.4, 0.5) is 4.39 Å². The number of esters is 1. The number of carbonyl (C=O) groups is 1. The van der Waals surface area contributed by atoms with E-state index in [-0.39, 0.29) is 34.6 Å². The van der Waals surface area contributed by atoms with Crippen molar-refractivity contribution >= 4 is 5.97 Å². The summed E-state index contributed by atoms with van der Waals surface area (Å²) < 4.78 is 33.6. The zero-order valence-corrected chi connectivity index (χ0v) is 11.7. The smallest absolute Gasteiger partial charge is 0.345 e. The Morgan fingerprint density at radius 1 is 1.18 bits per heavy atom. The molecule has 0 N–H and O–H groups in total. The summed E-state index contributed by atoms with van der Waals surface area (Å²) in [4.78, 5) is 19.7. The lowest BCUT2D eigenvalue weighted by Gasteiger charge is -2.09. The van der Waals surface area contributed by atoms with Gasteiger partial charge in [0.1, 0.15) is 11.3 Å². The quantitative estimate of drug-likeness (QED) is 0.802. The van der Waals surface area contributed by atoms with Crippen LogP contribution in [-0.2, 0) is 4.74 Å². The van der Waals surface area contributed by atoms with E-state index >= 15 is 0 Å². The molecule has 2 aromatic rings. The van der Waals surface area contributed by atoms with Gasteiger partial charge >= 0.3 is 12.0 Å². The van der Waals surface area contributed by atoms with E-state index in [0.717, 1.165) is 0 Å². The summed E-state index contributed by atoms with van der Waals surface area (Å²) >= 11 is 0. The molecule has 0 bridgehead atoms. The average Bonchev–Trinajstić information content (AvgIpc) is 2.82. The van der Waals surface area contributed by atoms with Crippen molar-refractivity contribution < 1.29 is 28.1 Å². The van der Waals surface area contributed by atoms with E-state index in [4.69, 9.17) is 14.2 Å². The number of cyclic esters (lactones) is 1. The fraction of sp³-hybridized carbons (Fsp3) is 0.214. The van der Waals surface area contributed by atoms with Crippen molar-refractivity contribution in [2.24, 2.45) is 0 Å². The molecule has 1 atom stereocenters. The first-order chi connectivity index (χ1) is 10.6. The predicted molar refractivity (Wildman–Crippen MR) is 70.9 cm³/mol. The molecule has 22 heavy (non-hydrogen) atoms. The molecule has 8 heteroatoms. The van der Waals surface area contributed by atoms with Crippen molar-refractivity contribution in [1.82, 2.24) is 9.97 Å². The number of carbonyl (C=O) groups excluding carboxylic acids is 1. The third-order valence-electron chi connectivity index (χ3n) is 3.00. The predicted octanol–water partition coefficient (Wildman–Crippen LogP) is 2.42. The topological polar surface area (TPSA) is 79.8 Å². The second-order valence-electron chi connectivity index (χ2n) is 4.28. The molecule has 0 saturated carbocycles. The molecule has 1 aliphatic heterocycles. The molecule has 1 aromatic heterocycles. The molecule has 3 rings (SSSR count). The number of ether oxygens (including phenoxy) is 4. The van der Waals surface area contributed by atoms with Crippen LogP contribution >= 0.6 is 0 Å². The van der Waals surface area contributed by atoms with Crippen LogP contribution in [0.25, 0.3) is 0 Å². The van der Waals surface area contributed by atoms with E-state index in [2.05, 4.69) is 14.7 Å². The maximum absolute atomic E-state index is 13.6. The number of nitrogens with zero attached hydrogens (tertiary/aromatic N) is 2. The molecule has 0 amide bonds. The molecule has 7 nitrogen and oxygen atoms in total. The number of fused-ring (bicyclic) bond motifs is 1. The van der Waals surface area contributed by atoms with Gasteiger partial charge in [-0.15, -0.1) is 0 Å². The number of halogens is 1. The lowest BCUT2D eigenvalue weighted by atomic mass is 10.1. The van der Waals surface area contributed by atoms with Crippen molar-refractivity contribution in [1.29, 1.82) is 0 Å². The maximum Gasteiger partial charge on any atom is 0.345 e. The van der Waals surface area contributed by atoms with Gasteiger partial charge < -0.3 is 18.9 Å². The Kier molecular flexibility index (Phi) is 3.50. The first-order valence-corrected chi connectivity index (χ1v) is 6.25. The van der Waals surface area contributed by atoms with Crippen LogP contribution < -0.4 is 14.2 Å². The summed E-state index contributed by atoms with van der Waals surface area (Å²) in [6.45, 7) is 0. The van der Waals surface area contributed by atoms with Gasteiger partial charge in [-0.05, 0) is 6.07 Å². The summed E-state index contributed by atoms with van der Waals surface area (Å²) in [6, 6.07) is 5.85. The highest BCUT2D eigenvalue weighted by Gasteiger charge is 2.34. The normalized spacial score (nSPS) is 16.0. The van der Waals surface area contributed by atoms with E-state index in [1.807, 2.05) is 0 Å². The van der Waals surface area contributed by atoms with Crippen LogP contribution in [0.15, 0.2) is 24.3 Å². The monoisotopic (exact) mass is 306 g/mol. The van der Waals surface area contributed by atoms with Gasteiger partial charge in [-0.1, -0.05) is 12.1 Å². The Morgan fingerprint density at radius 3 is 2.50 bits per heavy atom. The van der Waals surface area contributed by atoms with E-state index in [9.17, 15) is 9.18 Å². The summed E-state index contributed by atoms with van der Waals surface area (Å²) in [6.07, 6.45) is -1.80. The summed E-state index contributed by atoms with van der Waals surface area (Å²) in [5.41, 5.74) is 0.123. The lowest BCUT2D eigenvalue weighted by Crippen LogP contribution is -2.01. The van der Waals surface area contributed by atoms with Crippen LogP contribution in [0.2, 0.25) is 0 Å². The van der Waals surface area contributed by atoms with E-state index in [1.54, 1.807) is 6.07 Å². The molecule has 1 aliphatic rings. The van der Waals surface area contributed by atoms with Crippen molar-refractivity contribution in [2.45, 2.75) is 6.36 Å². The number of hydrogen-bond donors (Lipinski definition) is 0. The van der Waals surface area contributed by atoms with Gasteiger partial charge in [0.15, 0.2) is 0 Å². The van der Waals surface area contributed by atoms with Crippen LogP contribution in [-0.4, -0.2) is 30.2 Å². The van der Waals surface area contributed by atoms with Crippen molar-refractivity contribution in [2.75, 3.05) is 14.2 Å². The minimum absolute atomic E-state index is 0.0142. The third-order valence-corrected chi connectivity index (χ3v) is 3.00. The van der Waals surface area contributed by atoms with Crippen LogP contribution in [0.1, 0.15) is 22.3 Å². The molecule has 1 aromatic carbocycles. The molecular weight excluding hydrogens is 295 g/mol. The zero-order chi connectivity index (χ0) is 15.7. The second-order valence-corrected chi connectivity index (χ2v) is 4.28. The van der Waals surface area contributed by atoms with Gasteiger partial charge in [0, 0.05) is 5.56 Å². The summed E-state index contributed by atoms with van der Waals surface area (Å²) in [5, 5.41) is 0.